The maximum atomic E-state index is 10.8. The summed E-state index contributed by atoms with van der Waals surface area (Å²) in [6, 6.07) is 0. The molecule has 0 aromatic heterocycles. The Bertz CT molecular complexity index is 651. The minimum Gasteiger partial charge on any atom is -0.464 e. The first-order valence-electron chi connectivity index (χ1n) is 13.1. The molecule has 0 aliphatic heterocycles. The highest BCUT2D eigenvalue weighted by atomic mass is 16.5. The van der Waals surface area contributed by atoms with Gasteiger partial charge in [0.1, 0.15) is 6.10 Å². The largest absolute Gasteiger partial charge is 0.464 e. The SMILES string of the molecule is CC(C)CCC[C@@H](C)C1CC[C@H]2[C@@H]3CC=C4CC(OC=O)CC[C@]4(C)[C@H]3CC[C@]12C. The summed E-state index contributed by atoms with van der Waals surface area (Å²) in [4.78, 5) is 10.8. The average molecular weight is 415 g/mol. The molecule has 0 heterocycles. The van der Waals surface area contributed by atoms with Gasteiger partial charge in [0.25, 0.3) is 6.47 Å². The van der Waals surface area contributed by atoms with Crippen LogP contribution < -0.4 is 0 Å². The molecule has 0 radical (unpaired) electrons. The second kappa shape index (κ2) is 8.62. The number of fused-ring (bicyclic) bond motifs is 5. The molecule has 2 unspecified atom stereocenters. The minimum absolute atomic E-state index is 0.120. The fraction of sp³-hybridized carbons (Fsp3) is 0.893. The van der Waals surface area contributed by atoms with Crippen LogP contribution in [0.15, 0.2) is 11.6 Å². The zero-order valence-electron chi connectivity index (χ0n) is 20.3. The summed E-state index contributed by atoms with van der Waals surface area (Å²) in [5.74, 6) is 5.32. The van der Waals surface area contributed by atoms with E-state index in [1.807, 2.05) is 0 Å². The number of allylic oxidation sites excluding steroid dienone is 1. The fourth-order valence-corrected chi connectivity index (χ4v) is 8.85. The first kappa shape index (κ1) is 22.4. The molecule has 30 heavy (non-hydrogen) atoms. The second-order valence-corrected chi connectivity index (χ2v) is 12.4. The van der Waals surface area contributed by atoms with E-state index in [1.54, 1.807) is 5.57 Å². The van der Waals surface area contributed by atoms with Crippen molar-refractivity contribution in [3.05, 3.63) is 11.6 Å². The van der Waals surface area contributed by atoms with Gasteiger partial charge >= 0.3 is 0 Å². The van der Waals surface area contributed by atoms with E-state index in [4.69, 9.17) is 4.74 Å². The monoisotopic (exact) mass is 414 g/mol. The highest BCUT2D eigenvalue weighted by Gasteiger charge is 2.59. The summed E-state index contributed by atoms with van der Waals surface area (Å²) in [5, 5.41) is 0. The van der Waals surface area contributed by atoms with Crippen molar-refractivity contribution in [2.45, 2.75) is 111 Å². The standard InChI is InChI=1S/C28H46O2/c1-19(2)7-6-8-20(3)24-11-12-25-23-10-9-21-17-22(30-18-29)13-15-27(21,4)26(23)14-16-28(24,25)5/h9,18-20,22-26H,6-8,10-17H2,1-5H3/t20-,22?,23+,24?,25+,26+,27+,28-/m1/s1. The van der Waals surface area contributed by atoms with E-state index in [0.29, 0.717) is 17.3 Å². The van der Waals surface area contributed by atoms with Gasteiger partial charge in [0.2, 0.25) is 0 Å². The van der Waals surface area contributed by atoms with Crippen molar-refractivity contribution in [3.63, 3.8) is 0 Å². The number of rotatable bonds is 7. The van der Waals surface area contributed by atoms with Crippen molar-refractivity contribution in [1.29, 1.82) is 0 Å². The molecule has 4 aliphatic rings. The molecule has 4 aliphatic carbocycles. The van der Waals surface area contributed by atoms with Gasteiger partial charge in [0.15, 0.2) is 0 Å². The Labute approximate surface area is 185 Å². The summed E-state index contributed by atoms with van der Waals surface area (Å²) >= 11 is 0. The number of hydrogen-bond donors (Lipinski definition) is 0. The molecule has 0 aromatic carbocycles. The Morgan fingerprint density at radius 3 is 2.60 bits per heavy atom. The third kappa shape index (κ3) is 3.79. The van der Waals surface area contributed by atoms with Crippen molar-refractivity contribution in [3.8, 4) is 0 Å². The van der Waals surface area contributed by atoms with E-state index in [2.05, 4.69) is 40.7 Å². The summed E-state index contributed by atoms with van der Waals surface area (Å²) in [5.41, 5.74) is 2.54. The Morgan fingerprint density at radius 2 is 1.87 bits per heavy atom. The van der Waals surface area contributed by atoms with Crippen LogP contribution in [-0.2, 0) is 9.53 Å². The predicted octanol–water partition coefficient (Wildman–Crippen LogP) is 7.57. The van der Waals surface area contributed by atoms with Gasteiger partial charge < -0.3 is 4.74 Å². The van der Waals surface area contributed by atoms with Crippen molar-refractivity contribution in [2.75, 3.05) is 0 Å². The van der Waals surface area contributed by atoms with Crippen LogP contribution in [0.25, 0.3) is 0 Å². The number of carbonyl (C=O) groups is 1. The highest BCUT2D eigenvalue weighted by molar-refractivity contribution is 5.38. The van der Waals surface area contributed by atoms with Crippen LogP contribution in [0.4, 0.5) is 0 Å². The highest BCUT2D eigenvalue weighted by Crippen LogP contribution is 2.67. The van der Waals surface area contributed by atoms with Gasteiger partial charge in [-0.1, -0.05) is 65.5 Å². The average Bonchev–Trinajstić information content (AvgIpc) is 3.05. The van der Waals surface area contributed by atoms with E-state index in [9.17, 15) is 4.79 Å². The lowest BCUT2D eigenvalue weighted by Crippen LogP contribution is -2.51. The smallest absolute Gasteiger partial charge is 0.293 e. The third-order valence-electron chi connectivity index (χ3n) is 10.5. The lowest BCUT2D eigenvalue weighted by molar-refractivity contribution is -0.136. The van der Waals surface area contributed by atoms with E-state index >= 15 is 0 Å². The molecule has 0 N–H and O–H groups in total. The van der Waals surface area contributed by atoms with E-state index in [0.717, 1.165) is 48.3 Å². The zero-order valence-corrected chi connectivity index (χ0v) is 20.3. The van der Waals surface area contributed by atoms with Crippen molar-refractivity contribution in [2.24, 2.45) is 46.3 Å². The Morgan fingerprint density at radius 1 is 1.07 bits per heavy atom. The molecule has 0 aromatic rings. The lowest BCUT2D eigenvalue weighted by atomic mass is 9.47. The molecular weight excluding hydrogens is 368 g/mol. The van der Waals surface area contributed by atoms with E-state index < -0.39 is 0 Å². The first-order valence-corrected chi connectivity index (χ1v) is 13.1. The summed E-state index contributed by atoms with van der Waals surface area (Å²) < 4.78 is 5.36. The van der Waals surface area contributed by atoms with Gasteiger partial charge in [0.05, 0.1) is 0 Å². The number of ether oxygens (including phenoxy) is 1. The predicted molar refractivity (Wildman–Crippen MR) is 124 cm³/mol. The van der Waals surface area contributed by atoms with Crippen LogP contribution in [0.5, 0.6) is 0 Å². The summed E-state index contributed by atoms with van der Waals surface area (Å²) in [7, 11) is 0. The Balaban J connectivity index is 1.47. The normalized spacial score (nSPS) is 43.9. The molecular formula is C28H46O2. The van der Waals surface area contributed by atoms with Crippen LogP contribution >= 0.6 is 0 Å². The first-order chi connectivity index (χ1) is 14.3. The fourth-order valence-electron chi connectivity index (χ4n) is 8.85. The van der Waals surface area contributed by atoms with Gasteiger partial charge in [-0.25, -0.2) is 0 Å². The van der Waals surface area contributed by atoms with Crippen LogP contribution in [0, 0.1) is 46.3 Å². The van der Waals surface area contributed by atoms with Crippen molar-refractivity contribution >= 4 is 6.47 Å². The molecule has 2 heteroatoms. The van der Waals surface area contributed by atoms with Crippen molar-refractivity contribution in [1.82, 2.24) is 0 Å². The molecule has 3 fully saturated rings. The van der Waals surface area contributed by atoms with Gasteiger partial charge in [-0.3, -0.25) is 4.79 Å². The third-order valence-corrected chi connectivity index (χ3v) is 10.5. The van der Waals surface area contributed by atoms with Gasteiger partial charge in [-0.2, -0.15) is 0 Å². The van der Waals surface area contributed by atoms with Crippen LogP contribution in [0.2, 0.25) is 0 Å². The molecule has 3 saturated carbocycles. The number of carbonyl (C=O) groups excluding carboxylic acids is 1. The maximum absolute atomic E-state index is 10.8. The van der Waals surface area contributed by atoms with Gasteiger partial charge in [-0.05, 0) is 91.3 Å². The molecule has 4 rings (SSSR count). The second-order valence-electron chi connectivity index (χ2n) is 12.4. The van der Waals surface area contributed by atoms with Crippen LogP contribution in [0.3, 0.4) is 0 Å². The van der Waals surface area contributed by atoms with E-state index in [1.165, 1.54) is 57.8 Å². The zero-order chi connectivity index (χ0) is 21.5. The van der Waals surface area contributed by atoms with Crippen molar-refractivity contribution < 1.29 is 9.53 Å². The molecule has 2 nitrogen and oxygen atoms in total. The Hall–Kier alpha value is -0.790. The topological polar surface area (TPSA) is 26.3 Å². The van der Waals surface area contributed by atoms with E-state index in [-0.39, 0.29) is 6.10 Å². The molecule has 0 saturated heterocycles. The number of hydrogen-bond acceptors (Lipinski definition) is 2. The molecule has 0 bridgehead atoms. The molecule has 0 amide bonds. The summed E-state index contributed by atoms with van der Waals surface area (Å²) in [6.07, 6.45) is 17.2. The maximum Gasteiger partial charge on any atom is 0.293 e. The van der Waals surface area contributed by atoms with Crippen LogP contribution in [0.1, 0.15) is 105 Å². The van der Waals surface area contributed by atoms with Gasteiger partial charge in [-0.15, -0.1) is 0 Å². The van der Waals surface area contributed by atoms with Crippen LogP contribution in [-0.4, -0.2) is 12.6 Å². The lowest BCUT2D eigenvalue weighted by Gasteiger charge is -2.58. The summed E-state index contributed by atoms with van der Waals surface area (Å²) in [6.45, 7) is 13.2. The molecule has 0 spiro atoms. The van der Waals surface area contributed by atoms with Gasteiger partial charge in [0, 0.05) is 6.42 Å². The minimum atomic E-state index is 0.120. The Kier molecular flexibility index (Phi) is 6.44. The molecule has 170 valence electrons. The molecule has 8 atom stereocenters. The quantitative estimate of drug-likeness (QED) is 0.317.